The van der Waals surface area contributed by atoms with E-state index < -0.39 is 6.09 Å². The number of amides is 1. The third-order valence-electron chi connectivity index (χ3n) is 4.13. The van der Waals surface area contributed by atoms with Crippen LogP contribution in [0.5, 0.6) is 5.75 Å². The minimum absolute atomic E-state index is 0.0987. The van der Waals surface area contributed by atoms with Gasteiger partial charge in [-0.1, -0.05) is 13.3 Å². The second-order valence-corrected chi connectivity index (χ2v) is 5.99. The normalized spacial score (nSPS) is 13.7. The van der Waals surface area contributed by atoms with Crippen LogP contribution >= 0.6 is 0 Å². The molecule has 2 aromatic rings. The standard InChI is InChI=1S/C17H22N4O3/c1-3-4-8-18-17(23)24-12-6-7-14-13(11-12)15(22)21-10-5-9-20(2)16(21)19-14/h6-7,11H,3-5,8-10H2,1-2H3,(H,18,23). The summed E-state index contributed by atoms with van der Waals surface area (Å²) in [5.41, 5.74) is 0.511. The van der Waals surface area contributed by atoms with Crippen molar-refractivity contribution in [3.05, 3.63) is 28.6 Å². The number of rotatable bonds is 4. The van der Waals surface area contributed by atoms with Crippen molar-refractivity contribution >= 4 is 22.9 Å². The maximum absolute atomic E-state index is 12.7. The Morgan fingerprint density at radius 2 is 2.21 bits per heavy atom. The maximum atomic E-state index is 12.7. The van der Waals surface area contributed by atoms with Crippen LogP contribution in [0.1, 0.15) is 26.2 Å². The molecule has 7 heteroatoms. The van der Waals surface area contributed by atoms with Crippen LogP contribution in [0.25, 0.3) is 10.9 Å². The quantitative estimate of drug-likeness (QED) is 0.869. The molecule has 7 nitrogen and oxygen atoms in total. The van der Waals surface area contributed by atoms with Crippen molar-refractivity contribution in [1.29, 1.82) is 0 Å². The second-order valence-electron chi connectivity index (χ2n) is 5.99. The minimum Gasteiger partial charge on any atom is -0.410 e. The van der Waals surface area contributed by atoms with Crippen LogP contribution in [0, 0.1) is 0 Å². The molecule has 0 atom stereocenters. The second kappa shape index (κ2) is 6.90. The molecule has 2 heterocycles. The molecule has 0 spiro atoms. The number of fused-ring (bicyclic) bond motifs is 2. The van der Waals surface area contributed by atoms with Crippen LogP contribution in [0.3, 0.4) is 0 Å². The van der Waals surface area contributed by atoms with E-state index in [1.54, 1.807) is 22.8 Å². The zero-order valence-electron chi connectivity index (χ0n) is 14.0. The first-order chi connectivity index (χ1) is 11.6. The van der Waals surface area contributed by atoms with E-state index in [2.05, 4.69) is 17.2 Å². The fourth-order valence-corrected chi connectivity index (χ4v) is 2.82. The summed E-state index contributed by atoms with van der Waals surface area (Å²) in [6, 6.07) is 4.97. The highest BCUT2D eigenvalue weighted by molar-refractivity contribution is 5.81. The van der Waals surface area contributed by atoms with Gasteiger partial charge in [0.05, 0.1) is 10.9 Å². The monoisotopic (exact) mass is 330 g/mol. The van der Waals surface area contributed by atoms with Crippen molar-refractivity contribution in [2.45, 2.75) is 32.7 Å². The number of carbonyl (C=O) groups excluding carboxylic acids is 1. The van der Waals surface area contributed by atoms with E-state index in [1.807, 2.05) is 11.9 Å². The van der Waals surface area contributed by atoms with Gasteiger partial charge in [-0.15, -0.1) is 0 Å². The number of unbranched alkanes of at least 4 members (excludes halogenated alkanes) is 1. The van der Waals surface area contributed by atoms with Gasteiger partial charge in [0, 0.05) is 26.7 Å². The zero-order valence-corrected chi connectivity index (χ0v) is 14.0. The summed E-state index contributed by atoms with van der Waals surface area (Å²) in [5.74, 6) is 1.03. The molecule has 0 fully saturated rings. The van der Waals surface area contributed by atoms with E-state index >= 15 is 0 Å². The summed E-state index contributed by atoms with van der Waals surface area (Å²) in [7, 11) is 1.93. The van der Waals surface area contributed by atoms with E-state index in [0.29, 0.717) is 35.7 Å². The predicted molar refractivity (Wildman–Crippen MR) is 92.8 cm³/mol. The Balaban J connectivity index is 1.88. The summed E-state index contributed by atoms with van der Waals surface area (Å²) < 4.78 is 6.93. The van der Waals surface area contributed by atoms with Gasteiger partial charge in [-0.3, -0.25) is 9.36 Å². The molecule has 1 N–H and O–H groups in total. The van der Waals surface area contributed by atoms with Crippen LogP contribution in [0.2, 0.25) is 0 Å². The Labute approximate surface area is 140 Å². The Kier molecular flexibility index (Phi) is 4.69. The number of benzene rings is 1. The number of hydrogen-bond acceptors (Lipinski definition) is 5. The van der Waals surface area contributed by atoms with Crippen molar-refractivity contribution in [3.8, 4) is 5.75 Å². The summed E-state index contributed by atoms with van der Waals surface area (Å²) in [6.07, 6.45) is 2.30. The van der Waals surface area contributed by atoms with Crippen LogP contribution in [0.4, 0.5) is 10.7 Å². The number of aromatic nitrogens is 2. The Morgan fingerprint density at radius 1 is 1.38 bits per heavy atom. The number of carbonyl (C=O) groups is 1. The maximum Gasteiger partial charge on any atom is 0.412 e. The molecule has 3 rings (SSSR count). The smallest absolute Gasteiger partial charge is 0.410 e. The molecule has 1 aromatic carbocycles. The largest absolute Gasteiger partial charge is 0.412 e. The molecule has 0 aliphatic carbocycles. The van der Waals surface area contributed by atoms with Gasteiger partial charge in [0.15, 0.2) is 0 Å². The highest BCUT2D eigenvalue weighted by Crippen LogP contribution is 2.21. The van der Waals surface area contributed by atoms with Crippen LogP contribution in [-0.2, 0) is 6.54 Å². The lowest BCUT2D eigenvalue weighted by Crippen LogP contribution is -2.36. The van der Waals surface area contributed by atoms with Crippen molar-refractivity contribution in [3.63, 3.8) is 0 Å². The zero-order chi connectivity index (χ0) is 17.1. The molecule has 1 aromatic heterocycles. The van der Waals surface area contributed by atoms with Gasteiger partial charge < -0.3 is 15.0 Å². The molecule has 1 amide bonds. The van der Waals surface area contributed by atoms with Crippen molar-refractivity contribution < 1.29 is 9.53 Å². The summed E-state index contributed by atoms with van der Waals surface area (Å²) in [4.78, 5) is 31.0. The average molecular weight is 330 g/mol. The van der Waals surface area contributed by atoms with E-state index in [9.17, 15) is 9.59 Å². The third kappa shape index (κ3) is 3.20. The molecule has 128 valence electrons. The first kappa shape index (κ1) is 16.3. The Bertz CT molecular complexity index is 815. The van der Waals surface area contributed by atoms with Gasteiger partial charge in [-0.05, 0) is 31.0 Å². The summed E-state index contributed by atoms with van der Waals surface area (Å²) in [6.45, 7) is 4.17. The van der Waals surface area contributed by atoms with Crippen molar-refractivity contribution in [1.82, 2.24) is 14.9 Å². The van der Waals surface area contributed by atoms with Crippen molar-refractivity contribution in [2.75, 3.05) is 25.0 Å². The number of ether oxygens (including phenoxy) is 1. The number of hydrogen-bond donors (Lipinski definition) is 1. The van der Waals surface area contributed by atoms with Gasteiger partial charge in [-0.2, -0.15) is 0 Å². The number of nitrogens with zero attached hydrogens (tertiary/aromatic N) is 3. The van der Waals surface area contributed by atoms with E-state index in [-0.39, 0.29) is 5.56 Å². The molecule has 1 aliphatic rings. The van der Waals surface area contributed by atoms with Gasteiger partial charge >= 0.3 is 6.09 Å². The van der Waals surface area contributed by atoms with E-state index in [0.717, 1.165) is 25.8 Å². The van der Waals surface area contributed by atoms with Gasteiger partial charge in [-0.25, -0.2) is 9.78 Å². The topological polar surface area (TPSA) is 76.5 Å². The van der Waals surface area contributed by atoms with Crippen molar-refractivity contribution in [2.24, 2.45) is 0 Å². The number of anilines is 1. The van der Waals surface area contributed by atoms with Crippen LogP contribution < -0.4 is 20.5 Å². The van der Waals surface area contributed by atoms with Crippen LogP contribution in [0.15, 0.2) is 23.0 Å². The molecule has 24 heavy (non-hydrogen) atoms. The summed E-state index contributed by atoms with van der Waals surface area (Å²) >= 11 is 0. The van der Waals surface area contributed by atoms with Gasteiger partial charge in [0.2, 0.25) is 5.95 Å². The Morgan fingerprint density at radius 3 is 3.00 bits per heavy atom. The Hall–Kier alpha value is -2.57. The molecule has 0 radical (unpaired) electrons. The fourth-order valence-electron chi connectivity index (χ4n) is 2.82. The van der Waals surface area contributed by atoms with E-state index in [1.165, 1.54) is 0 Å². The minimum atomic E-state index is -0.506. The summed E-state index contributed by atoms with van der Waals surface area (Å²) in [5, 5.41) is 3.15. The molecular formula is C17H22N4O3. The molecule has 0 saturated heterocycles. The molecular weight excluding hydrogens is 308 g/mol. The lowest BCUT2D eigenvalue weighted by atomic mass is 10.2. The lowest BCUT2D eigenvalue weighted by molar-refractivity contribution is 0.200. The average Bonchev–Trinajstić information content (AvgIpc) is 2.57. The third-order valence-corrected chi connectivity index (χ3v) is 4.13. The first-order valence-electron chi connectivity index (χ1n) is 8.31. The molecule has 1 aliphatic heterocycles. The predicted octanol–water partition coefficient (Wildman–Crippen LogP) is 2.12. The fraction of sp³-hybridized carbons (Fsp3) is 0.471. The van der Waals surface area contributed by atoms with E-state index in [4.69, 9.17) is 4.74 Å². The first-order valence-corrected chi connectivity index (χ1v) is 8.31. The molecule has 0 bridgehead atoms. The lowest BCUT2D eigenvalue weighted by Gasteiger charge is -2.27. The number of nitrogens with one attached hydrogen (secondary N) is 1. The SMILES string of the molecule is CCCCNC(=O)Oc1ccc2nc3n(c(=O)c2c1)CCCN3C. The van der Waals surface area contributed by atoms with Gasteiger partial charge in [0.25, 0.3) is 5.56 Å². The highest BCUT2D eigenvalue weighted by atomic mass is 16.6. The highest BCUT2D eigenvalue weighted by Gasteiger charge is 2.18. The molecule has 0 saturated carbocycles. The van der Waals surface area contributed by atoms with Gasteiger partial charge in [0.1, 0.15) is 5.75 Å². The van der Waals surface area contributed by atoms with Crippen LogP contribution in [-0.4, -0.2) is 35.8 Å². The molecule has 0 unspecified atom stereocenters.